The van der Waals surface area contributed by atoms with E-state index in [0.717, 1.165) is 6.42 Å². The molecule has 0 saturated carbocycles. The molecule has 1 unspecified atom stereocenters. The number of carbonyl (C=O) groups is 1. The summed E-state index contributed by atoms with van der Waals surface area (Å²) >= 11 is 6.21. The number of carbonyl (C=O) groups excluding carboxylic acids is 1. The molecule has 1 aliphatic heterocycles. The van der Waals surface area contributed by atoms with Crippen molar-refractivity contribution in [1.29, 1.82) is 0 Å². The fourth-order valence-electron chi connectivity index (χ4n) is 3.39. The summed E-state index contributed by atoms with van der Waals surface area (Å²) in [6.07, 6.45) is 3.84. The third kappa shape index (κ3) is 5.04. The zero-order valence-corrected chi connectivity index (χ0v) is 17.5. The van der Waals surface area contributed by atoms with Gasteiger partial charge < -0.3 is 10.3 Å². The average Bonchev–Trinajstić information content (AvgIpc) is 2.96. The Labute approximate surface area is 173 Å². The normalized spacial score (nSPS) is 18.9. The molecule has 1 heterocycles. The maximum atomic E-state index is 14.3. The molecule has 0 aliphatic carbocycles. The fraction of sp³-hybridized carbons (Fsp3) is 0.550. The number of rotatable bonds is 9. The molecule has 2 rings (SSSR count). The lowest BCUT2D eigenvalue weighted by atomic mass is 9.92. The minimum Gasteiger partial charge on any atom is -0.352 e. The highest BCUT2D eigenvalue weighted by atomic mass is 35.5. The highest BCUT2D eigenvalue weighted by Gasteiger charge is 2.39. The maximum absolute atomic E-state index is 14.3. The van der Waals surface area contributed by atoms with E-state index in [-0.39, 0.29) is 12.8 Å². The van der Waals surface area contributed by atoms with E-state index < -0.39 is 52.4 Å². The van der Waals surface area contributed by atoms with E-state index in [2.05, 4.69) is 10.7 Å². The molecule has 4 nitrogen and oxygen atoms in total. The number of hydrazine groups is 1. The number of hydrogen-bond donors (Lipinski definition) is 2. The Balaban J connectivity index is 2.12. The van der Waals surface area contributed by atoms with Crippen molar-refractivity contribution in [2.75, 3.05) is 7.05 Å². The number of nitrogens with zero attached hydrogens (tertiary/aromatic N) is 1. The number of hydrogen-bond acceptors (Lipinski definition) is 3. The van der Waals surface area contributed by atoms with Crippen LogP contribution >= 0.6 is 11.6 Å². The Morgan fingerprint density at radius 1 is 1.10 bits per heavy atom. The van der Waals surface area contributed by atoms with Gasteiger partial charge in [0.1, 0.15) is 0 Å². The third-order valence-electron chi connectivity index (χ3n) is 5.16. The number of nitrogens with one attached hydrogen (secondary N) is 2. The molecular formula is C20H26ClF4N3O. The molecule has 1 aromatic carbocycles. The van der Waals surface area contributed by atoms with Gasteiger partial charge in [-0.15, -0.1) is 0 Å². The van der Waals surface area contributed by atoms with Crippen LogP contribution in [-0.2, 0) is 17.8 Å². The molecule has 2 N–H and O–H groups in total. The van der Waals surface area contributed by atoms with Gasteiger partial charge in [0.15, 0.2) is 23.3 Å². The summed E-state index contributed by atoms with van der Waals surface area (Å²) < 4.78 is 57.2. The quantitative estimate of drug-likeness (QED) is 0.337. The standard InChI is InChI=1S/C20H26ClF4N3O/c1-4-6-7-8-12-16(22)18(24)13(19(25)17(12)23)10-26-15(29)9-20(5-2)14(21)11-28(3)27-20/h11,27H,4-10H2,1-3H3,(H,26,29). The van der Waals surface area contributed by atoms with Crippen molar-refractivity contribution in [3.8, 4) is 0 Å². The predicted molar refractivity (Wildman–Crippen MR) is 104 cm³/mol. The largest absolute Gasteiger partial charge is 0.352 e. The lowest BCUT2D eigenvalue weighted by Crippen LogP contribution is -2.49. The first-order chi connectivity index (χ1) is 13.7. The molecule has 9 heteroatoms. The van der Waals surface area contributed by atoms with Crippen LogP contribution in [0, 0.1) is 23.3 Å². The first-order valence-corrected chi connectivity index (χ1v) is 10.0. The SMILES string of the molecule is CCCCCc1c(F)c(F)c(CNC(=O)CC2(CC)NN(C)C=C2Cl)c(F)c1F. The van der Waals surface area contributed by atoms with Gasteiger partial charge in [-0.3, -0.25) is 4.79 Å². The molecule has 0 bridgehead atoms. The molecule has 1 atom stereocenters. The van der Waals surface area contributed by atoms with Crippen molar-refractivity contribution >= 4 is 17.5 Å². The average molecular weight is 436 g/mol. The molecule has 1 amide bonds. The second kappa shape index (κ2) is 9.80. The summed E-state index contributed by atoms with van der Waals surface area (Å²) in [7, 11) is 1.72. The van der Waals surface area contributed by atoms with Crippen molar-refractivity contribution in [2.24, 2.45) is 0 Å². The number of benzene rings is 1. The van der Waals surface area contributed by atoms with E-state index in [9.17, 15) is 22.4 Å². The van der Waals surface area contributed by atoms with Gasteiger partial charge >= 0.3 is 0 Å². The van der Waals surface area contributed by atoms with Crippen molar-refractivity contribution in [2.45, 2.75) is 64.5 Å². The van der Waals surface area contributed by atoms with Gasteiger partial charge in [-0.2, -0.15) is 0 Å². The second-order valence-electron chi connectivity index (χ2n) is 7.26. The molecule has 0 radical (unpaired) electrons. The Morgan fingerprint density at radius 3 is 2.17 bits per heavy atom. The lowest BCUT2D eigenvalue weighted by molar-refractivity contribution is -0.122. The van der Waals surface area contributed by atoms with Crippen LogP contribution in [0.5, 0.6) is 0 Å². The Kier molecular flexibility index (Phi) is 7.94. The molecule has 0 saturated heterocycles. The van der Waals surface area contributed by atoms with Crippen molar-refractivity contribution < 1.29 is 22.4 Å². The highest BCUT2D eigenvalue weighted by molar-refractivity contribution is 6.31. The molecule has 0 fully saturated rings. The zero-order valence-electron chi connectivity index (χ0n) is 16.8. The summed E-state index contributed by atoms with van der Waals surface area (Å²) in [4.78, 5) is 12.3. The van der Waals surface area contributed by atoms with Crippen LogP contribution in [0.4, 0.5) is 17.6 Å². The summed E-state index contributed by atoms with van der Waals surface area (Å²) in [6.45, 7) is 3.07. The first-order valence-electron chi connectivity index (χ1n) is 9.65. The molecule has 1 aromatic rings. The van der Waals surface area contributed by atoms with Gasteiger partial charge in [0.05, 0.1) is 17.0 Å². The Bertz CT molecular complexity index is 773. The minimum atomic E-state index is -1.47. The van der Waals surface area contributed by atoms with Crippen LogP contribution in [0.2, 0.25) is 0 Å². The van der Waals surface area contributed by atoms with Crippen molar-refractivity contribution in [3.05, 3.63) is 45.6 Å². The summed E-state index contributed by atoms with van der Waals surface area (Å²) in [5.74, 6) is -6.32. The van der Waals surface area contributed by atoms with Gasteiger partial charge in [0.2, 0.25) is 5.91 Å². The molecule has 162 valence electrons. The predicted octanol–water partition coefficient (Wildman–Crippen LogP) is 4.66. The van der Waals surface area contributed by atoms with Crippen molar-refractivity contribution in [3.63, 3.8) is 0 Å². The van der Waals surface area contributed by atoms with E-state index >= 15 is 0 Å². The van der Waals surface area contributed by atoms with Crippen LogP contribution in [0.3, 0.4) is 0 Å². The Morgan fingerprint density at radius 2 is 1.69 bits per heavy atom. The second-order valence-corrected chi connectivity index (χ2v) is 7.67. The smallest absolute Gasteiger partial charge is 0.222 e. The van der Waals surface area contributed by atoms with Gasteiger partial charge in [0.25, 0.3) is 0 Å². The molecule has 0 spiro atoms. The van der Waals surface area contributed by atoms with E-state index in [0.29, 0.717) is 24.3 Å². The van der Waals surface area contributed by atoms with Gasteiger partial charge in [0, 0.05) is 30.9 Å². The number of unbranched alkanes of at least 4 members (excludes halogenated alkanes) is 2. The molecular weight excluding hydrogens is 410 g/mol. The van der Waals surface area contributed by atoms with E-state index in [1.54, 1.807) is 18.3 Å². The van der Waals surface area contributed by atoms with Crippen LogP contribution in [0.15, 0.2) is 11.2 Å². The zero-order chi connectivity index (χ0) is 21.8. The number of amides is 1. The highest BCUT2D eigenvalue weighted by Crippen LogP contribution is 2.33. The first kappa shape index (κ1) is 23.5. The summed E-state index contributed by atoms with van der Waals surface area (Å²) in [5, 5.41) is 4.36. The van der Waals surface area contributed by atoms with E-state index in [4.69, 9.17) is 11.6 Å². The molecule has 0 aromatic heterocycles. The maximum Gasteiger partial charge on any atom is 0.222 e. The third-order valence-corrected chi connectivity index (χ3v) is 5.62. The van der Waals surface area contributed by atoms with Crippen LogP contribution in [0.1, 0.15) is 57.1 Å². The fourth-order valence-corrected chi connectivity index (χ4v) is 3.78. The molecule has 1 aliphatic rings. The van der Waals surface area contributed by atoms with E-state index in [1.807, 2.05) is 13.8 Å². The van der Waals surface area contributed by atoms with Crippen LogP contribution < -0.4 is 10.7 Å². The topological polar surface area (TPSA) is 44.4 Å². The molecule has 29 heavy (non-hydrogen) atoms. The van der Waals surface area contributed by atoms with Crippen LogP contribution in [0.25, 0.3) is 0 Å². The number of halogens is 5. The van der Waals surface area contributed by atoms with E-state index in [1.165, 1.54) is 0 Å². The van der Waals surface area contributed by atoms with Crippen LogP contribution in [-0.4, -0.2) is 23.5 Å². The lowest BCUT2D eigenvalue weighted by Gasteiger charge is -2.29. The monoisotopic (exact) mass is 435 g/mol. The van der Waals surface area contributed by atoms with Gasteiger partial charge in [-0.1, -0.05) is 38.3 Å². The minimum absolute atomic E-state index is 0.0883. The summed E-state index contributed by atoms with van der Waals surface area (Å²) in [6, 6.07) is 0. The van der Waals surface area contributed by atoms with Gasteiger partial charge in [-0.05, 0) is 19.3 Å². The van der Waals surface area contributed by atoms with Gasteiger partial charge in [-0.25, -0.2) is 23.0 Å². The Hall–Kier alpha value is -1.80. The van der Waals surface area contributed by atoms with Crippen molar-refractivity contribution in [1.82, 2.24) is 15.8 Å². The summed E-state index contributed by atoms with van der Waals surface area (Å²) in [5.41, 5.74) is 0.782.